The number of nitrogens with two attached hydrogens (primary N) is 1. The Bertz CT molecular complexity index is 682. The van der Waals surface area contributed by atoms with Crippen LogP contribution < -0.4 is 10.5 Å². The Morgan fingerprint density at radius 2 is 2.04 bits per heavy atom. The highest BCUT2D eigenvalue weighted by atomic mass is 16.5. The Kier molecular flexibility index (Phi) is 5.92. The van der Waals surface area contributed by atoms with Crippen molar-refractivity contribution in [3.63, 3.8) is 0 Å². The Hall–Kier alpha value is -2.41. The van der Waals surface area contributed by atoms with Gasteiger partial charge in [0.1, 0.15) is 5.75 Å². The van der Waals surface area contributed by atoms with E-state index in [2.05, 4.69) is 24.0 Å². The maximum Gasteiger partial charge on any atom is 0.261 e. The molecule has 2 aromatic rings. The molecule has 7 nitrogen and oxygen atoms in total. The second-order valence-corrected chi connectivity index (χ2v) is 6.27. The molecule has 0 aliphatic rings. The summed E-state index contributed by atoms with van der Waals surface area (Å²) in [5.41, 5.74) is 6.73. The maximum absolute atomic E-state index is 11.7. The summed E-state index contributed by atoms with van der Waals surface area (Å²) < 4.78 is 10.9. The van der Waals surface area contributed by atoms with E-state index in [1.54, 1.807) is 26.2 Å². The van der Waals surface area contributed by atoms with Gasteiger partial charge in [-0.1, -0.05) is 31.1 Å². The fraction of sp³-hybridized carbons (Fsp3) is 0.471. The minimum absolute atomic E-state index is 0.0577. The molecule has 1 aromatic heterocycles. The van der Waals surface area contributed by atoms with Crippen molar-refractivity contribution in [3.8, 4) is 17.2 Å². The largest absolute Gasteiger partial charge is 0.483 e. The first-order chi connectivity index (χ1) is 11.4. The summed E-state index contributed by atoms with van der Waals surface area (Å²) in [6, 6.07) is 6.96. The zero-order valence-corrected chi connectivity index (χ0v) is 14.5. The van der Waals surface area contributed by atoms with Crippen LogP contribution in [0, 0.1) is 5.92 Å². The van der Waals surface area contributed by atoms with Gasteiger partial charge in [0.05, 0.1) is 11.6 Å². The molecule has 0 spiro atoms. The van der Waals surface area contributed by atoms with E-state index in [0.29, 0.717) is 28.9 Å². The molecule has 1 atom stereocenters. The molecule has 1 aromatic carbocycles. The number of carbonyl (C=O) groups is 1. The van der Waals surface area contributed by atoms with Gasteiger partial charge in [-0.3, -0.25) is 4.79 Å². The molecule has 0 aliphatic carbocycles. The number of hydrogen-bond donors (Lipinski definition) is 1. The average molecular weight is 332 g/mol. The third-order valence-electron chi connectivity index (χ3n) is 3.47. The van der Waals surface area contributed by atoms with E-state index in [0.717, 1.165) is 6.42 Å². The Balaban J connectivity index is 2.17. The maximum atomic E-state index is 11.7. The average Bonchev–Trinajstić information content (AvgIpc) is 3.02. The molecule has 24 heavy (non-hydrogen) atoms. The minimum atomic E-state index is -0.272. The van der Waals surface area contributed by atoms with Crippen LogP contribution in [0.15, 0.2) is 28.8 Å². The Labute approximate surface area is 141 Å². The first kappa shape index (κ1) is 17.9. The molecule has 0 aliphatic heterocycles. The Morgan fingerprint density at radius 1 is 1.33 bits per heavy atom. The summed E-state index contributed by atoms with van der Waals surface area (Å²) in [4.78, 5) is 17.5. The predicted octanol–water partition coefficient (Wildman–Crippen LogP) is 2.25. The van der Waals surface area contributed by atoms with Gasteiger partial charge in [-0.15, -0.1) is 0 Å². The van der Waals surface area contributed by atoms with E-state index in [1.807, 2.05) is 12.1 Å². The number of aromatic nitrogens is 2. The van der Waals surface area contributed by atoms with Crippen LogP contribution in [0.3, 0.4) is 0 Å². The fourth-order valence-corrected chi connectivity index (χ4v) is 2.15. The topological polar surface area (TPSA) is 94.5 Å². The van der Waals surface area contributed by atoms with Crippen molar-refractivity contribution in [1.82, 2.24) is 15.0 Å². The van der Waals surface area contributed by atoms with Crippen LogP contribution in [0.2, 0.25) is 0 Å². The highest BCUT2D eigenvalue weighted by Gasteiger charge is 2.19. The molecule has 1 unspecified atom stereocenters. The first-order valence-corrected chi connectivity index (χ1v) is 7.90. The van der Waals surface area contributed by atoms with E-state index in [-0.39, 0.29) is 18.6 Å². The fourth-order valence-electron chi connectivity index (χ4n) is 2.15. The van der Waals surface area contributed by atoms with Gasteiger partial charge in [-0.05, 0) is 24.5 Å². The van der Waals surface area contributed by atoms with Crippen molar-refractivity contribution in [1.29, 1.82) is 0 Å². The van der Waals surface area contributed by atoms with E-state index >= 15 is 0 Å². The summed E-state index contributed by atoms with van der Waals surface area (Å²) in [6.45, 7) is 4.12. The van der Waals surface area contributed by atoms with Gasteiger partial charge >= 0.3 is 0 Å². The zero-order valence-electron chi connectivity index (χ0n) is 14.5. The molecule has 2 N–H and O–H groups in total. The number of ether oxygens (including phenoxy) is 1. The van der Waals surface area contributed by atoms with Crippen molar-refractivity contribution in [2.24, 2.45) is 11.7 Å². The normalized spacial score (nSPS) is 12.2. The second kappa shape index (κ2) is 7.92. The molecule has 1 amide bonds. The number of amides is 1. The number of carbonyl (C=O) groups excluding carboxylic acids is 1. The van der Waals surface area contributed by atoms with Crippen LogP contribution in [0.5, 0.6) is 5.75 Å². The van der Waals surface area contributed by atoms with Crippen LogP contribution in [0.25, 0.3) is 11.5 Å². The van der Waals surface area contributed by atoms with Crippen LogP contribution in [-0.4, -0.2) is 41.6 Å². The summed E-state index contributed by atoms with van der Waals surface area (Å²) in [5, 5.41) is 3.97. The third-order valence-corrected chi connectivity index (χ3v) is 3.47. The van der Waals surface area contributed by atoms with Gasteiger partial charge in [-0.2, -0.15) is 4.98 Å². The smallest absolute Gasteiger partial charge is 0.261 e. The van der Waals surface area contributed by atoms with Crippen LogP contribution in [0.4, 0.5) is 0 Å². The lowest BCUT2D eigenvalue weighted by Crippen LogP contribution is -2.27. The molecule has 1 heterocycles. The summed E-state index contributed by atoms with van der Waals surface area (Å²) in [6.07, 6.45) is 0.772. The molecule has 0 radical (unpaired) electrons. The number of likely N-dealkylation sites (N-methyl/N-ethyl adjacent to an activating group) is 1. The quantitative estimate of drug-likeness (QED) is 0.835. The lowest BCUT2D eigenvalue weighted by atomic mass is 10.0. The first-order valence-electron chi connectivity index (χ1n) is 7.90. The molecule has 0 bridgehead atoms. The predicted molar refractivity (Wildman–Crippen MR) is 90.3 cm³/mol. The van der Waals surface area contributed by atoms with Gasteiger partial charge in [-0.25, -0.2) is 0 Å². The second-order valence-electron chi connectivity index (χ2n) is 6.27. The summed E-state index contributed by atoms with van der Waals surface area (Å²) in [7, 11) is 3.36. The van der Waals surface area contributed by atoms with Gasteiger partial charge in [0.2, 0.25) is 0 Å². The number of para-hydroxylation sites is 1. The van der Waals surface area contributed by atoms with Gasteiger partial charge < -0.3 is 19.9 Å². The number of benzene rings is 1. The highest BCUT2D eigenvalue weighted by Crippen LogP contribution is 2.29. The van der Waals surface area contributed by atoms with E-state index < -0.39 is 0 Å². The van der Waals surface area contributed by atoms with Crippen LogP contribution >= 0.6 is 0 Å². The standard InChI is InChI=1S/C17H24N4O3/c1-11(2)9-13(18)16-19-17(24-20-16)12-7-5-6-8-14(12)23-10-15(22)21(3)4/h5-8,11,13H,9-10,18H2,1-4H3. The molecular weight excluding hydrogens is 308 g/mol. The number of rotatable bonds is 7. The molecule has 0 fully saturated rings. The van der Waals surface area contributed by atoms with Crippen LogP contribution in [0.1, 0.15) is 32.1 Å². The molecular formula is C17H24N4O3. The summed E-state index contributed by atoms with van der Waals surface area (Å²) >= 11 is 0. The Morgan fingerprint density at radius 3 is 2.71 bits per heavy atom. The highest BCUT2D eigenvalue weighted by molar-refractivity contribution is 5.77. The van der Waals surface area contributed by atoms with Crippen molar-refractivity contribution in [2.45, 2.75) is 26.3 Å². The van der Waals surface area contributed by atoms with Gasteiger partial charge in [0, 0.05) is 14.1 Å². The third kappa shape index (κ3) is 4.55. The monoisotopic (exact) mass is 332 g/mol. The zero-order chi connectivity index (χ0) is 17.7. The lowest BCUT2D eigenvalue weighted by Gasteiger charge is -2.12. The SMILES string of the molecule is CC(C)CC(N)c1noc(-c2ccccc2OCC(=O)N(C)C)n1. The van der Waals surface area contributed by atoms with Gasteiger partial charge in [0.25, 0.3) is 11.8 Å². The molecule has 0 saturated heterocycles. The van der Waals surface area contributed by atoms with Crippen molar-refractivity contribution in [2.75, 3.05) is 20.7 Å². The minimum Gasteiger partial charge on any atom is -0.483 e. The van der Waals surface area contributed by atoms with E-state index in [9.17, 15) is 4.79 Å². The van der Waals surface area contributed by atoms with E-state index in [4.69, 9.17) is 15.0 Å². The summed E-state index contributed by atoms with van der Waals surface area (Å²) in [5.74, 6) is 1.62. The van der Waals surface area contributed by atoms with E-state index in [1.165, 1.54) is 4.90 Å². The molecule has 0 saturated carbocycles. The van der Waals surface area contributed by atoms with Crippen LogP contribution in [-0.2, 0) is 4.79 Å². The number of hydrogen-bond acceptors (Lipinski definition) is 6. The van der Waals surface area contributed by atoms with Crippen molar-refractivity contribution in [3.05, 3.63) is 30.1 Å². The molecule has 2 rings (SSSR count). The molecule has 130 valence electrons. The number of nitrogens with zero attached hydrogens (tertiary/aromatic N) is 3. The van der Waals surface area contributed by atoms with Gasteiger partial charge in [0.15, 0.2) is 12.4 Å². The van der Waals surface area contributed by atoms with Crippen molar-refractivity contribution < 1.29 is 14.1 Å². The molecule has 7 heteroatoms. The lowest BCUT2D eigenvalue weighted by molar-refractivity contribution is -0.130. The van der Waals surface area contributed by atoms with Crippen molar-refractivity contribution >= 4 is 5.91 Å².